The molecule has 8 nitrogen and oxygen atoms in total. The minimum Gasteiger partial charge on any atom is -0.434 e. The van der Waals surface area contributed by atoms with Gasteiger partial charge in [-0.2, -0.15) is 13.3 Å². The summed E-state index contributed by atoms with van der Waals surface area (Å²) in [7, 11) is 0. The van der Waals surface area contributed by atoms with Crippen LogP contribution in [-0.2, 0) is 4.79 Å². The Bertz CT molecular complexity index is 1230. The number of ether oxygens (including phenoxy) is 1. The van der Waals surface area contributed by atoms with Crippen LogP contribution in [0.15, 0.2) is 48.5 Å². The van der Waals surface area contributed by atoms with E-state index in [0.29, 0.717) is 28.5 Å². The van der Waals surface area contributed by atoms with Gasteiger partial charge in [0.05, 0.1) is 11.1 Å². The molecule has 10 heteroatoms. The lowest BCUT2D eigenvalue weighted by atomic mass is 10.2. The summed E-state index contributed by atoms with van der Waals surface area (Å²) in [5, 5.41) is 8.16. The molecule has 0 aliphatic rings. The number of halogens is 2. The van der Waals surface area contributed by atoms with Crippen molar-refractivity contribution in [3.8, 4) is 17.1 Å². The molecule has 2 heterocycles. The van der Waals surface area contributed by atoms with E-state index < -0.39 is 18.6 Å². The number of nitrogens with two attached hydrogens (primary N) is 1. The van der Waals surface area contributed by atoms with Crippen molar-refractivity contribution in [2.45, 2.75) is 26.0 Å². The summed E-state index contributed by atoms with van der Waals surface area (Å²) in [6, 6.07) is 12.9. The highest BCUT2D eigenvalue weighted by molar-refractivity contribution is 5.93. The van der Waals surface area contributed by atoms with Crippen LogP contribution < -0.4 is 15.8 Å². The van der Waals surface area contributed by atoms with Gasteiger partial charge in [0, 0.05) is 5.39 Å². The Kier molecular flexibility index (Phi) is 5.13. The molecule has 0 fully saturated rings. The zero-order chi connectivity index (χ0) is 21.3. The lowest BCUT2D eigenvalue weighted by Gasteiger charge is -2.15. The summed E-state index contributed by atoms with van der Waals surface area (Å²) < 4.78 is 31.7. The van der Waals surface area contributed by atoms with Gasteiger partial charge in [0.1, 0.15) is 11.8 Å². The number of anilines is 1. The lowest BCUT2D eigenvalue weighted by Crippen LogP contribution is -2.35. The second-order valence-electron chi connectivity index (χ2n) is 6.51. The van der Waals surface area contributed by atoms with E-state index in [1.807, 2.05) is 25.1 Å². The first-order valence-electron chi connectivity index (χ1n) is 9.23. The van der Waals surface area contributed by atoms with E-state index in [9.17, 15) is 13.6 Å². The van der Waals surface area contributed by atoms with Crippen LogP contribution in [0.25, 0.3) is 27.9 Å². The third-order valence-corrected chi connectivity index (χ3v) is 4.58. The Balaban J connectivity index is 1.92. The van der Waals surface area contributed by atoms with Crippen LogP contribution in [0.3, 0.4) is 0 Å². The smallest absolute Gasteiger partial charge is 0.387 e. The molecule has 4 rings (SSSR count). The number of hydrogen-bond donors (Lipinski definition) is 2. The number of para-hydroxylation sites is 2. The summed E-state index contributed by atoms with van der Waals surface area (Å²) >= 11 is 0. The molecular formula is C20H18F2N6O2. The van der Waals surface area contributed by atoms with Gasteiger partial charge in [-0.25, -0.2) is 9.97 Å². The Morgan fingerprint density at radius 1 is 1.17 bits per heavy atom. The van der Waals surface area contributed by atoms with Gasteiger partial charge in [-0.05, 0) is 30.7 Å². The predicted octanol–water partition coefficient (Wildman–Crippen LogP) is 3.22. The monoisotopic (exact) mass is 412 g/mol. The molecule has 1 amide bonds. The minimum absolute atomic E-state index is 0.0428. The molecule has 4 aromatic rings. The fourth-order valence-electron chi connectivity index (χ4n) is 3.14. The molecule has 0 radical (unpaired) electrons. The highest BCUT2D eigenvalue weighted by Crippen LogP contribution is 2.31. The molecule has 30 heavy (non-hydrogen) atoms. The Morgan fingerprint density at radius 3 is 2.63 bits per heavy atom. The lowest BCUT2D eigenvalue weighted by molar-refractivity contribution is -0.118. The molecule has 2 aromatic heterocycles. The topological polar surface area (TPSA) is 107 Å². The molecule has 0 bridgehead atoms. The van der Waals surface area contributed by atoms with Gasteiger partial charge < -0.3 is 15.8 Å². The van der Waals surface area contributed by atoms with Crippen LogP contribution in [-0.4, -0.2) is 38.1 Å². The molecule has 0 saturated carbocycles. The fraction of sp³-hybridized carbons (Fsp3) is 0.200. The second kappa shape index (κ2) is 7.90. The molecule has 0 aliphatic heterocycles. The molecule has 0 saturated heterocycles. The number of alkyl halides is 2. The highest BCUT2D eigenvalue weighted by atomic mass is 19.3. The van der Waals surface area contributed by atoms with Gasteiger partial charge in [0.2, 0.25) is 11.9 Å². The largest absolute Gasteiger partial charge is 0.434 e. The van der Waals surface area contributed by atoms with E-state index in [-0.39, 0.29) is 17.5 Å². The van der Waals surface area contributed by atoms with E-state index in [1.54, 1.807) is 24.3 Å². The fourth-order valence-corrected chi connectivity index (χ4v) is 3.14. The average molecular weight is 412 g/mol. The van der Waals surface area contributed by atoms with Gasteiger partial charge in [0.15, 0.2) is 11.5 Å². The zero-order valence-electron chi connectivity index (χ0n) is 15.9. The van der Waals surface area contributed by atoms with Gasteiger partial charge in [-0.3, -0.25) is 4.79 Å². The number of primary amides is 1. The number of aromatic nitrogens is 4. The van der Waals surface area contributed by atoms with E-state index in [1.165, 1.54) is 10.6 Å². The number of nitrogens with one attached hydrogen (secondary N) is 1. The van der Waals surface area contributed by atoms with Crippen LogP contribution >= 0.6 is 0 Å². The maximum absolute atomic E-state index is 12.8. The molecule has 0 spiro atoms. The van der Waals surface area contributed by atoms with Crippen molar-refractivity contribution in [1.29, 1.82) is 0 Å². The number of rotatable bonds is 7. The standard InChI is InChI=1S/C20H18F2N6O2/c1-2-13(16(23)29)24-20-25-14-9-5-3-7-11(14)18-26-17(27-28(18)20)12-8-4-6-10-15(12)30-19(21)22/h3-10,13,19H,2H2,1H3,(H2,23,29)(H,24,25)/t13-/m0/s1. The maximum atomic E-state index is 12.8. The van der Waals surface area contributed by atoms with Crippen molar-refractivity contribution in [2.24, 2.45) is 5.73 Å². The van der Waals surface area contributed by atoms with Gasteiger partial charge >= 0.3 is 6.61 Å². The third kappa shape index (κ3) is 3.59. The van der Waals surface area contributed by atoms with Gasteiger partial charge in [-0.15, -0.1) is 5.10 Å². The maximum Gasteiger partial charge on any atom is 0.387 e. The molecule has 2 aromatic carbocycles. The van der Waals surface area contributed by atoms with Crippen LogP contribution in [0, 0.1) is 0 Å². The molecule has 0 unspecified atom stereocenters. The first-order valence-corrected chi connectivity index (χ1v) is 9.23. The summed E-state index contributed by atoms with van der Waals surface area (Å²) in [4.78, 5) is 20.8. The van der Waals surface area contributed by atoms with Crippen molar-refractivity contribution >= 4 is 28.4 Å². The predicted molar refractivity (Wildman–Crippen MR) is 107 cm³/mol. The second-order valence-corrected chi connectivity index (χ2v) is 6.51. The average Bonchev–Trinajstić information content (AvgIpc) is 3.17. The van der Waals surface area contributed by atoms with E-state index in [0.717, 1.165) is 0 Å². The van der Waals surface area contributed by atoms with Gasteiger partial charge in [-0.1, -0.05) is 31.2 Å². The number of carbonyl (C=O) groups excluding carboxylic acids is 1. The van der Waals surface area contributed by atoms with Crippen molar-refractivity contribution in [3.63, 3.8) is 0 Å². The van der Waals surface area contributed by atoms with Crippen molar-refractivity contribution < 1.29 is 18.3 Å². The normalized spacial score (nSPS) is 12.4. The SMILES string of the molecule is CC[C@H](Nc1nc2ccccc2c2nc(-c3ccccc3OC(F)F)nn12)C(N)=O. The Labute approximate surface area is 169 Å². The van der Waals surface area contributed by atoms with Crippen molar-refractivity contribution in [2.75, 3.05) is 5.32 Å². The Hall–Kier alpha value is -3.82. The summed E-state index contributed by atoms with van der Waals surface area (Å²) in [5.41, 5.74) is 6.83. The summed E-state index contributed by atoms with van der Waals surface area (Å²) in [6.45, 7) is -1.17. The third-order valence-electron chi connectivity index (χ3n) is 4.58. The molecule has 1 atom stereocenters. The highest BCUT2D eigenvalue weighted by Gasteiger charge is 2.20. The number of amides is 1. The number of nitrogens with zero attached hydrogens (tertiary/aromatic N) is 4. The Morgan fingerprint density at radius 2 is 1.90 bits per heavy atom. The van der Waals surface area contributed by atoms with Crippen molar-refractivity contribution in [3.05, 3.63) is 48.5 Å². The quantitative estimate of drug-likeness (QED) is 0.483. The van der Waals surface area contributed by atoms with E-state index >= 15 is 0 Å². The first-order chi connectivity index (χ1) is 14.5. The first kappa shape index (κ1) is 19.5. The minimum atomic E-state index is -2.98. The zero-order valence-corrected chi connectivity index (χ0v) is 15.9. The van der Waals surface area contributed by atoms with Crippen LogP contribution in [0.5, 0.6) is 5.75 Å². The van der Waals surface area contributed by atoms with Crippen molar-refractivity contribution in [1.82, 2.24) is 19.6 Å². The number of benzene rings is 2. The van der Waals surface area contributed by atoms with E-state index in [4.69, 9.17) is 5.73 Å². The van der Waals surface area contributed by atoms with Gasteiger partial charge in [0.25, 0.3) is 0 Å². The number of fused-ring (bicyclic) bond motifs is 3. The number of carbonyl (C=O) groups is 1. The summed E-state index contributed by atoms with van der Waals surface area (Å²) in [6.07, 6.45) is 0.442. The van der Waals surface area contributed by atoms with E-state index in [2.05, 4.69) is 25.1 Å². The van der Waals surface area contributed by atoms with Crippen LogP contribution in [0.2, 0.25) is 0 Å². The molecule has 154 valence electrons. The molecule has 0 aliphatic carbocycles. The van der Waals surface area contributed by atoms with Crippen LogP contribution in [0.4, 0.5) is 14.7 Å². The molecule has 3 N–H and O–H groups in total. The number of hydrogen-bond acceptors (Lipinski definition) is 6. The molecular weight excluding hydrogens is 394 g/mol. The van der Waals surface area contributed by atoms with Crippen LogP contribution in [0.1, 0.15) is 13.3 Å². The summed E-state index contributed by atoms with van der Waals surface area (Å²) in [5.74, 6) is -0.129.